The number of rotatable bonds is 4. The van der Waals surface area contributed by atoms with Gasteiger partial charge in [0.25, 0.3) is 0 Å². The Kier molecular flexibility index (Phi) is 3.67. The molecule has 0 fully saturated rings. The van der Waals surface area contributed by atoms with E-state index in [1.165, 1.54) is 6.33 Å². The van der Waals surface area contributed by atoms with Gasteiger partial charge >= 0.3 is 5.97 Å². The van der Waals surface area contributed by atoms with Crippen molar-refractivity contribution in [2.45, 2.75) is 19.3 Å². The summed E-state index contributed by atoms with van der Waals surface area (Å²) in [6, 6.07) is 9.55. The monoisotopic (exact) mass is 242 g/mol. The van der Waals surface area contributed by atoms with Gasteiger partial charge in [0.1, 0.15) is 6.33 Å². The lowest BCUT2D eigenvalue weighted by atomic mass is 9.89. The van der Waals surface area contributed by atoms with Gasteiger partial charge in [-0.25, -0.2) is 9.97 Å². The highest BCUT2D eigenvalue weighted by molar-refractivity contribution is 5.69. The van der Waals surface area contributed by atoms with Crippen molar-refractivity contribution in [3.05, 3.63) is 59.7 Å². The second kappa shape index (κ2) is 5.40. The van der Waals surface area contributed by atoms with Gasteiger partial charge in [-0.3, -0.25) is 4.79 Å². The molecule has 0 aliphatic carbocycles. The molecular formula is C14H14N2O2. The molecule has 0 bridgehead atoms. The number of carbonyl (C=O) groups is 1. The summed E-state index contributed by atoms with van der Waals surface area (Å²) in [7, 11) is 0. The second-order valence-corrected chi connectivity index (χ2v) is 4.14. The topological polar surface area (TPSA) is 63.1 Å². The predicted octanol–water partition coefficient (Wildman–Crippen LogP) is 2.39. The summed E-state index contributed by atoms with van der Waals surface area (Å²) in [5.74, 6) is -1.06. The fraction of sp³-hybridized carbons (Fsp3) is 0.214. The van der Waals surface area contributed by atoms with Gasteiger partial charge in [0.15, 0.2) is 0 Å². The van der Waals surface area contributed by atoms with E-state index in [9.17, 15) is 4.79 Å². The zero-order valence-corrected chi connectivity index (χ0v) is 10.1. The van der Waals surface area contributed by atoms with Gasteiger partial charge in [0, 0.05) is 12.1 Å². The molecule has 0 saturated heterocycles. The largest absolute Gasteiger partial charge is 0.481 e. The first-order chi connectivity index (χ1) is 8.68. The smallest absolute Gasteiger partial charge is 0.304 e. The normalized spacial score (nSPS) is 12.1. The van der Waals surface area contributed by atoms with Gasteiger partial charge in [-0.2, -0.15) is 0 Å². The molecule has 92 valence electrons. The summed E-state index contributed by atoms with van der Waals surface area (Å²) in [4.78, 5) is 19.1. The Labute approximate surface area is 105 Å². The van der Waals surface area contributed by atoms with E-state index in [1.807, 2.05) is 31.2 Å². The standard InChI is InChI=1S/C14H14N2O2/c1-10-4-2-3-5-11(10)12(8-14(17)18)13-6-7-15-9-16-13/h2-7,9,12H,8H2,1H3,(H,17,18). The molecule has 0 aliphatic rings. The molecule has 1 N–H and O–H groups in total. The van der Waals surface area contributed by atoms with E-state index in [2.05, 4.69) is 9.97 Å². The maximum Gasteiger partial charge on any atom is 0.304 e. The van der Waals surface area contributed by atoms with Gasteiger partial charge in [-0.1, -0.05) is 24.3 Å². The van der Waals surface area contributed by atoms with Crippen molar-refractivity contribution in [3.8, 4) is 0 Å². The summed E-state index contributed by atoms with van der Waals surface area (Å²) in [5, 5.41) is 9.05. The van der Waals surface area contributed by atoms with Crippen molar-refractivity contribution >= 4 is 5.97 Å². The van der Waals surface area contributed by atoms with E-state index in [1.54, 1.807) is 12.3 Å². The van der Waals surface area contributed by atoms with Crippen molar-refractivity contribution < 1.29 is 9.90 Å². The Morgan fingerprint density at radius 3 is 2.72 bits per heavy atom. The molecule has 1 aromatic carbocycles. The number of aromatic nitrogens is 2. The quantitative estimate of drug-likeness (QED) is 0.894. The van der Waals surface area contributed by atoms with Crippen molar-refractivity contribution in [3.63, 3.8) is 0 Å². The molecule has 4 heteroatoms. The van der Waals surface area contributed by atoms with Gasteiger partial charge in [-0.15, -0.1) is 0 Å². The van der Waals surface area contributed by atoms with E-state index in [0.717, 1.165) is 16.8 Å². The highest BCUT2D eigenvalue weighted by atomic mass is 16.4. The number of carboxylic acids is 1. The van der Waals surface area contributed by atoms with Gasteiger partial charge in [-0.05, 0) is 24.1 Å². The zero-order valence-electron chi connectivity index (χ0n) is 10.1. The van der Waals surface area contributed by atoms with Crippen LogP contribution in [0.2, 0.25) is 0 Å². The maximum absolute atomic E-state index is 11.0. The summed E-state index contributed by atoms with van der Waals surface area (Å²) in [6.45, 7) is 1.98. The Hall–Kier alpha value is -2.23. The highest BCUT2D eigenvalue weighted by Gasteiger charge is 2.20. The molecule has 1 atom stereocenters. The van der Waals surface area contributed by atoms with Crippen LogP contribution in [0.4, 0.5) is 0 Å². The lowest BCUT2D eigenvalue weighted by Crippen LogP contribution is -2.10. The number of aryl methyl sites for hydroxylation is 1. The summed E-state index contributed by atoms with van der Waals surface area (Å²) in [5.41, 5.74) is 2.81. The van der Waals surface area contributed by atoms with Crippen LogP contribution in [0.1, 0.15) is 29.2 Å². The highest BCUT2D eigenvalue weighted by Crippen LogP contribution is 2.28. The fourth-order valence-electron chi connectivity index (χ4n) is 2.03. The third-order valence-corrected chi connectivity index (χ3v) is 2.90. The Morgan fingerprint density at radius 1 is 1.33 bits per heavy atom. The SMILES string of the molecule is Cc1ccccc1C(CC(=O)O)c1ccncn1. The Balaban J connectivity index is 2.44. The molecule has 0 saturated carbocycles. The van der Waals surface area contributed by atoms with Gasteiger partial charge < -0.3 is 5.11 Å². The van der Waals surface area contributed by atoms with Crippen LogP contribution in [-0.2, 0) is 4.79 Å². The first kappa shape index (κ1) is 12.2. The Morgan fingerprint density at radius 2 is 2.11 bits per heavy atom. The average molecular weight is 242 g/mol. The number of nitrogens with zero attached hydrogens (tertiary/aromatic N) is 2. The van der Waals surface area contributed by atoms with Crippen LogP contribution in [0, 0.1) is 6.92 Å². The summed E-state index contributed by atoms with van der Waals surface area (Å²) >= 11 is 0. The predicted molar refractivity (Wildman–Crippen MR) is 67.3 cm³/mol. The van der Waals surface area contributed by atoms with E-state index in [4.69, 9.17) is 5.11 Å². The minimum atomic E-state index is -0.832. The van der Waals surface area contributed by atoms with Gasteiger partial charge in [0.2, 0.25) is 0 Å². The minimum absolute atomic E-state index is 0.0296. The molecule has 4 nitrogen and oxygen atoms in total. The van der Waals surface area contributed by atoms with E-state index < -0.39 is 5.97 Å². The lowest BCUT2D eigenvalue weighted by Gasteiger charge is -2.16. The molecule has 2 aromatic rings. The molecule has 1 aromatic heterocycles. The van der Waals surface area contributed by atoms with Crippen LogP contribution in [0.3, 0.4) is 0 Å². The summed E-state index contributed by atoms with van der Waals surface area (Å²) in [6.07, 6.45) is 3.11. The van der Waals surface area contributed by atoms with Crippen molar-refractivity contribution in [2.24, 2.45) is 0 Å². The zero-order chi connectivity index (χ0) is 13.0. The van der Waals surface area contributed by atoms with Crippen LogP contribution in [0.5, 0.6) is 0 Å². The van der Waals surface area contributed by atoms with Crippen molar-refractivity contribution in [2.75, 3.05) is 0 Å². The van der Waals surface area contributed by atoms with Crippen LogP contribution in [-0.4, -0.2) is 21.0 Å². The van der Waals surface area contributed by atoms with Gasteiger partial charge in [0.05, 0.1) is 12.1 Å². The molecule has 0 radical (unpaired) electrons. The molecule has 1 unspecified atom stereocenters. The number of hydrogen-bond acceptors (Lipinski definition) is 3. The third-order valence-electron chi connectivity index (χ3n) is 2.90. The molecule has 0 aliphatic heterocycles. The second-order valence-electron chi connectivity index (χ2n) is 4.14. The Bertz CT molecular complexity index is 541. The molecule has 0 spiro atoms. The number of aliphatic carboxylic acids is 1. The van der Waals surface area contributed by atoms with Crippen molar-refractivity contribution in [1.29, 1.82) is 0 Å². The summed E-state index contributed by atoms with van der Waals surface area (Å²) < 4.78 is 0. The van der Waals surface area contributed by atoms with Crippen LogP contribution in [0.25, 0.3) is 0 Å². The fourth-order valence-corrected chi connectivity index (χ4v) is 2.03. The number of benzene rings is 1. The molecule has 1 heterocycles. The third kappa shape index (κ3) is 2.71. The minimum Gasteiger partial charge on any atom is -0.481 e. The maximum atomic E-state index is 11.0. The number of hydrogen-bond donors (Lipinski definition) is 1. The lowest BCUT2D eigenvalue weighted by molar-refractivity contribution is -0.137. The van der Waals surface area contributed by atoms with E-state index in [0.29, 0.717) is 0 Å². The van der Waals surface area contributed by atoms with Crippen LogP contribution in [0.15, 0.2) is 42.9 Å². The molecular weight excluding hydrogens is 228 g/mol. The van der Waals surface area contributed by atoms with Crippen LogP contribution >= 0.6 is 0 Å². The first-order valence-electron chi connectivity index (χ1n) is 5.71. The first-order valence-corrected chi connectivity index (χ1v) is 5.71. The molecule has 18 heavy (non-hydrogen) atoms. The average Bonchev–Trinajstić information content (AvgIpc) is 2.38. The molecule has 2 rings (SSSR count). The van der Waals surface area contributed by atoms with Crippen molar-refractivity contribution in [1.82, 2.24) is 9.97 Å². The van der Waals surface area contributed by atoms with Crippen LogP contribution < -0.4 is 0 Å². The number of carboxylic acid groups (broad SMARTS) is 1. The molecule has 0 amide bonds. The van der Waals surface area contributed by atoms with E-state index in [-0.39, 0.29) is 12.3 Å². The van der Waals surface area contributed by atoms with E-state index >= 15 is 0 Å².